The number of anilines is 2. The Kier molecular flexibility index (Phi) is 3.35. The second-order valence-electron chi connectivity index (χ2n) is 5.51. The first-order valence-electron chi connectivity index (χ1n) is 7.42. The molecule has 0 amide bonds. The molecular formula is C18H16N4S. The molecule has 0 saturated heterocycles. The van der Waals surface area contributed by atoms with E-state index in [-0.39, 0.29) is 0 Å². The minimum absolute atomic E-state index is 0.871. The van der Waals surface area contributed by atoms with E-state index in [4.69, 9.17) is 4.98 Å². The Morgan fingerprint density at radius 1 is 1.00 bits per heavy atom. The van der Waals surface area contributed by atoms with Crippen molar-refractivity contribution in [1.82, 2.24) is 14.5 Å². The summed E-state index contributed by atoms with van der Waals surface area (Å²) in [7, 11) is 2.02. The third kappa shape index (κ3) is 2.59. The van der Waals surface area contributed by atoms with Gasteiger partial charge in [-0.15, -0.1) is 11.3 Å². The third-order valence-corrected chi connectivity index (χ3v) is 4.58. The Balaban J connectivity index is 1.66. The number of aryl methyl sites for hydroxylation is 2. The molecule has 1 N–H and O–H groups in total. The van der Waals surface area contributed by atoms with Gasteiger partial charge in [0.1, 0.15) is 5.69 Å². The second kappa shape index (κ2) is 5.52. The minimum Gasteiger partial charge on any atom is -0.332 e. The molecule has 5 heteroatoms. The van der Waals surface area contributed by atoms with Crippen molar-refractivity contribution in [2.75, 3.05) is 5.32 Å². The van der Waals surface area contributed by atoms with E-state index in [0.717, 1.165) is 33.4 Å². The molecule has 114 valence electrons. The first-order chi connectivity index (χ1) is 11.2. The van der Waals surface area contributed by atoms with Crippen LogP contribution in [-0.4, -0.2) is 14.5 Å². The van der Waals surface area contributed by atoms with Crippen LogP contribution >= 0.6 is 11.3 Å². The highest BCUT2D eigenvalue weighted by Crippen LogP contribution is 2.28. The molecule has 0 bridgehead atoms. The van der Waals surface area contributed by atoms with Crippen LogP contribution in [-0.2, 0) is 7.05 Å². The summed E-state index contributed by atoms with van der Waals surface area (Å²) in [6.07, 6.45) is 0. The number of hydrogen-bond acceptors (Lipinski definition) is 4. The van der Waals surface area contributed by atoms with E-state index in [1.54, 1.807) is 11.3 Å². The monoisotopic (exact) mass is 320 g/mol. The number of rotatable bonds is 3. The van der Waals surface area contributed by atoms with E-state index in [2.05, 4.69) is 52.1 Å². The molecular weight excluding hydrogens is 304 g/mol. The molecule has 4 aromatic rings. The SMILES string of the molecule is Cc1ccc(Nc2nc(-c3nc4ccccc4n3C)cs2)cc1. The zero-order chi connectivity index (χ0) is 15.8. The lowest BCUT2D eigenvalue weighted by Gasteiger charge is -2.02. The van der Waals surface area contributed by atoms with Crippen LogP contribution in [0.3, 0.4) is 0 Å². The van der Waals surface area contributed by atoms with E-state index in [1.165, 1.54) is 5.56 Å². The number of fused-ring (bicyclic) bond motifs is 1. The van der Waals surface area contributed by atoms with Crippen LogP contribution in [0.5, 0.6) is 0 Å². The first-order valence-corrected chi connectivity index (χ1v) is 8.30. The molecule has 23 heavy (non-hydrogen) atoms. The van der Waals surface area contributed by atoms with Gasteiger partial charge in [-0.05, 0) is 31.2 Å². The summed E-state index contributed by atoms with van der Waals surface area (Å²) in [5.41, 5.74) is 5.29. The molecule has 0 aliphatic rings. The van der Waals surface area contributed by atoms with Gasteiger partial charge in [0, 0.05) is 18.1 Å². The molecule has 0 aliphatic heterocycles. The van der Waals surface area contributed by atoms with Gasteiger partial charge in [-0.2, -0.15) is 0 Å². The first kappa shape index (κ1) is 14.0. The lowest BCUT2D eigenvalue weighted by Crippen LogP contribution is -1.94. The maximum atomic E-state index is 4.69. The van der Waals surface area contributed by atoms with Crippen molar-refractivity contribution in [3.8, 4) is 11.5 Å². The summed E-state index contributed by atoms with van der Waals surface area (Å²) in [6, 6.07) is 16.4. The average Bonchev–Trinajstić information content (AvgIpc) is 3.15. The smallest absolute Gasteiger partial charge is 0.187 e. The number of benzene rings is 2. The summed E-state index contributed by atoms with van der Waals surface area (Å²) in [5.74, 6) is 0.888. The van der Waals surface area contributed by atoms with Gasteiger partial charge in [0.05, 0.1) is 11.0 Å². The van der Waals surface area contributed by atoms with E-state index < -0.39 is 0 Å². The average molecular weight is 320 g/mol. The summed E-state index contributed by atoms with van der Waals surface area (Å²) in [5, 5.41) is 6.26. The molecule has 4 rings (SSSR count). The normalized spacial score (nSPS) is 11.0. The fourth-order valence-corrected chi connectivity index (χ4v) is 3.28. The Bertz CT molecular complexity index is 966. The number of hydrogen-bond donors (Lipinski definition) is 1. The highest BCUT2D eigenvalue weighted by atomic mass is 32.1. The van der Waals surface area contributed by atoms with Gasteiger partial charge in [0.2, 0.25) is 0 Å². The number of nitrogens with zero attached hydrogens (tertiary/aromatic N) is 3. The number of nitrogens with one attached hydrogen (secondary N) is 1. The lowest BCUT2D eigenvalue weighted by atomic mass is 10.2. The van der Waals surface area contributed by atoms with E-state index in [9.17, 15) is 0 Å². The quantitative estimate of drug-likeness (QED) is 0.592. The van der Waals surface area contributed by atoms with Gasteiger partial charge in [-0.3, -0.25) is 0 Å². The predicted molar refractivity (Wildman–Crippen MR) is 96.3 cm³/mol. The highest BCUT2D eigenvalue weighted by Gasteiger charge is 2.12. The summed E-state index contributed by atoms with van der Waals surface area (Å²) >= 11 is 1.59. The topological polar surface area (TPSA) is 42.7 Å². The molecule has 0 aliphatic carbocycles. The molecule has 0 fully saturated rings. The zero-order valence-electron chi connectivity index (χ0n) is 12.9. The molecule has 0 radical (unpaired) electrons. The van der Waals surface area contributed by atoms with Crippen molar-refractivity contribution in [3.63, 3.8) is 0 Å². The van der Waals surface area contributed by atoms with E-state index in [0.29, 0.717) is 0 Å². The highest BCUT2D eigenvalue weighted by molar-refractivity contribution is 7.14. The van der Waals surface area contributed by atoms with E-state index in [1.807, 2.05) is 30.6 Å². The lowest BCUT2D eigenvalue weighted by molar-refractivity contribution is 0.953. The Hall–Kier alpha value is -2.66. The molecule has 2 heterocycles. The molecule has 2 aromatic carbocycles. The molecule has 4 nitrogen and oxygen atoms in total. The van der Waals surface area contributed by atoms with Crippen molar-refractivity contribution in [3.05, 3.63) is 59.5 Å². The fourth-order valence-electron chi connectivity index (χ4n) is 2.57. The Morgan fingerprint density at radius 3 is 2.57 bits per heavy atom. The van der Waals surface area contributed by atoms with Crippen molar-refractivity contribution in [1.29, 1.82) is 0 Å². The van der Waals surface area contributed by atoms with Crippen molar-refractivity contribution in [2.24, 2.45) is 7.05 Å². The van der Waals surface area contributed by atoms with Crippen LogP contribution in [0.4, 0.5) is 10.8 Å². The summed E-state index contributed by atoms with van der Waals surface area (Å²) in [4.78, 5) is 9.37. The number of aromatic nitrogens is 3. The van der Waals surface area contributed by atoms with Crippen molar-refractivity contribution < 1.29 is 0 Å². The van der Waals surface area contributed by atoms with Gasteiger partial charge < -0.3 is 9.88 Å². The van der Waals surface area contributed by atoms with Crippen LogP contribution < -0.4 is 5.32 Å². The zero-order valence-corrected chi connectivity index (χ0v) is 13.8. The second-order valence-corrected chi connectivity index (χ2v) is 6.37. The Labute approximate surface area is 138 Å². The van der Waals surface area contributed by atoms with Crippen LogP contribution in [0.2, 0.25) is 0 Å². The molecule has 0 saturated carbocycles. The van der Waals surface area contributed by atoms with Crippen LogP contribution in [0.25, 0.3) is 22.6 Å². The standard InChI is InChI=1S/C18H16N4S/c1-12-7-9-13(10-8-12)19-18-21-15(11-23-18)17-20-14-5-3-4-6-16(14)22(17)2/h3-11H,1-2H3,(H,19,21). The van der Waals surface area contributed by atoms with Gasteiger partial charge >= 0.3 is 0 Å². The maximum Gasteiger partial charge on any atom is 0.187 e. The largest absolute Gasteiger partial charge is 0.332 e. The van der Waals surface area contributed by atoms with E-state index >= 15 is 0 Å². The predicted octanol–water partition coefficient (Wildman–Crippen LogP) is 4.75. The summed E-state index contributed by atoms with van der Waals surface area (Å²) < 4.78 is 2.08. The van der Waals surface area contributed by atoms with Gasteiger partial charge in [-0.25, -0.2) is 9.97 Å². The summed E-state index contributed by atoms with van der Waals surface area (Å²) in [6.45, 7) is 2.08. The molecule has 0 atom stereocenters. The minimum atomic E-state index is 0.871. The van der Waals surface area contributed by atoms with Crippen molar-refractivity contribution in [2.45, 2.75) is 6.92 Å². The van der Waals surface area contributed by atoms with Crippen LogP contribution in [0.1, 0.15) is 5.56 Å². The van der Waals surface area contributed by atoms with Crippen LogP contribution in [0.15, 0.2) is 53.9 Å². The van der Waals surface area contributed by atoms with Gasteiger partial charge in [0.15, 0.2) is 11.0 Å². The molecule has 0 unspecified atom stereocenters. The maximum absolute atomic E-state index is 4.69. The molecule has 2 aromatic heterocycles. The van der Waals surface area contributed by atoms with Crippen molar-refractivity contribution >= 4 is 33.2 Å². The third-order valence-electron chi connectivity index (χ3n) is 3.82. The van der Waals surface area contributed by atoms with Gasteiger partial charge in [-0.1, -0.05) is 29.8 Å². The number of para-hydroxylation sites is 2. The Morgan fingerprint density at radius 2 is 1.78 bits per heavy atom. The van der Waals surface area contributed by atoms with Gasteiger partial charge in [0.25, 0.3) is 0 Å². The number of imidazole rings is 1. The number of thiazole rings is 1. The fraction of sp³-hybridized carbons (Fsp3) is 0.111. The molecule has 0 spiro atoms. The van der Waals surface area contributed by atoms with Crippen LogP contribution in [0, 0.1) is 6.92 Å².